The molecular weight excluding hydrogens is 255 g/mol. The van der Waals surface area contributed by atoms with Crippen LogP contribution in [0, 0.1) is 12.8 Å². The number of rotatable bonds is 2. The Labute approximate surface area is 110 Å². The van der Waals surface area contributed by atoms with Crippen LogP contribution in [0.15, 0.2) is 18.2 Å². The first-order valence-electron chi connectivity index (χ1n) is 6.34. The van der Waals surface area contributed by atoms with Crippen LogP contribution in [0.1, 0.15) is 36.1 Å². The van der Waals surface area contributed by atoms with Gasteiger partial charge in [-0.3, -0.25) is 0 Å². The van der Waals surface area contributed by atoms with E-state index < -0.39 is 11.7 Å². The first-order valence-corrected chi connectivity index (χ1v) is 6.34. The van der Waals surface area contributed by atoms with Gasteiger partial charge in [0.1, 0.15) is 0 Å². The lowest BCUT2D eigenvalue weighted by molar-refractivity contribution is -0.137. The van der Waals surface area contributed by atoms with E-state index in [9.17, 15) is 13.2 Å². The predicted octanol–water partition coefficient (Wildman–Crippen LogP) is 3.44. The fraction of sp³-hybridized carbons (Fsp3) is 0.571. The van der Waals surface area contributed by atoms with Gasteiger partial charge in [-0.2, -0.15) is 13.2 Å². The molecule has 2 N–H and O–H groups in total. The second-order valence-corrected chi connectivity index (χ2v) is 5.23. The summed E-state index contributed by atoms with van der Waals surface area (Å²) in [6.07, 6.45) is -3.29. The molecule has 106 valence electrons. The minimum Gasteiger partial charge on any atom is -0.378 e. The Morgan fingerprint density at radius 1 is 1.37 bits per heavy atom. The van der Waals surface area contributed by atoms with Gasteiger partial charge in [0.05, 0.1) is 18.3 Å². The molecule has 0 aliphatic carbocycles. The zero-order valence-corrected chi connectivity index (χ0v) is 11.0. The lowest BCUT2D eigenvalue weighted by Gasteiger charge is -2.21. The zero-order chi connectivity index (χ0) is 14.2. The number of alkyl halides is 3. The van der Waals surface area contributed by atoms with E-state index in [-0.39, 0.29) is 18.1 Å². The van der Waals surface area contributed by atoms with Crippen LogP contribution in [0.2, 0.25) is 0 Å². The number of benzene rings is 1. The number of nitrogens with two attached hydrogens (primary N) is 1. The first-order chi connectivity index (χ1) is 8.79. The molecule has 0 saturated carbocycles. The molecule has 1 aliphatic rings. The van der Waals surface area contributed by atoms with Crippen molar-refractivity contribution in [1.82, 2.24) is 0 Å². The molecule has 1 fully saturated rings. The molecule has 2 nitrogen and oxygen atoms in total. The molecule has 0 amide bonds. The van der Waals surface area contributed by atoms with Crippen molar-refractivity contribution in [3.05, 3.63) is 34.9 Å². The lowest BCUT2D eigenvalue weighted by atomic mass is 9.88. The van der Waals surface area contributed by atoms with E-state index in [2.05, 4.69) is 0 Å². The van der Waals surface area contributed by atoms with E-state index in [0.29, 0.717) is 12.2 Å². The normalized spacial score (nSPS) is 25.6. The first kappa shape index (κ1) is 14.3. The van der Waals surface area contributed by atoms with E-state index in [1.807, 2.05) is 6.92 Å². The number of halogens is 3. The molecule has 0 radical (unpaired) electrons. The monoisotopic (exact) mass is 273 g/mol. The summed E-state index contributed by atoms with van der Waals surface area (Å²) in [6, 6.07) is 3.48. The maximum absolute atomic E-state index is 12.6. The van der Waals surface area contributed by atoms with E-state index in [1.165, 1.54) is 6.07 Å². The Hall–Kier alpha value is -1.07. The van der Waals surface area contributed by atoms with E-state index in [4.69, 9.17) is 10.5 Å². The van der Waals surface area contributed by atoms with Crippen molar-refractivity contribution in [2.45, 2.75) is 38.6 Å². The van der Waals surface area contributed by atoms with Gasteiger partial charge in [0.15, 0.2) is 0 Å². The Balaban J connectivity index is 2.21. The van der Waals surface area contributed by atoms with Crippen LogP contribution in [0.4, 0.5) is 13.2 Å². The van der Waals surface area contributed by atoms with Gasteiger partial charge in [0.25, 0.3) is 0 Å². The quantitative estimate of drug-likeness (QED) is 0.896. The Bertz CT molecular complexity index is 458. The van der Waals surface area contributed by atoms with Crippen molar-refractivity contribution < 1.29 is 17.9 Å². The summed E-state index contributed by atoms with van der Waals surface area (Å²) in [4.78, 5) is 0. The van der Waals surface area contributed by atoms with Crippen LogP contribution in [0.5, 0.6) is 0 Å². The topological polar surface area (TPSA) is 35.2 Å². The average molecular weight is 273 g/mol. The predicted molar refractivity (Wildman–Crippen MR) is 66.6 cm³/mol. The smallest absolute Gasteiger partial charge is 0.378 e. The largest absolute Gasteiger partial charge is 0.416 e. The van der Waals surface area contributed by atoms with E-state index >= 15 is 0 Å². The van der Waals surface area contributed by atoms with Gasteiger partial charge in [-0.15, -0.1) is 0 Å². The van der Waals surface area contributed by atoms with Gasteiger partial charge in [-0.25, -0.2) is 0 Å². The van der Waals surface area contributed by atoms with Gasteiger partial charge in [0, 0.05) is 12.0 Å². The summed E-state index contributed by atoms with van der Waals surface area (Å²) in [5, 5.41) is 0. The van der Waals surface area contributed by atoms with Crippen molar-refractivity contribution in [3.8, 4) is 0 Å². The van der Waals surface area contributed by atoms with Crippen molar-refractivity contribution in [3.63, 3.8) is 0 Å². The molecule has 3 unspecified atom stereocenters. The van der Waals surface area contributed by atoms with Crippen LogP contribution < -0.4 is 5.73 Å². The Morgan fingerprint density at radius 2 is 2.05 bits per heavy atom. The third kappa shape index (κ3) is 3.09. The summed E-state index contributed by atoms with van der Waals surface area (Å²) in [5.74, 6) is 0.172. The van der Waals surface area contributed by atoms with Crippen molar-refractivity contribution in [1.29, 1.82) is 0 Å². The SMILES string of the molecule is Cc1cc(C(F)(F)F)ccc1C(N)C1COC(C)C1. The van der Waals surface area contributed by atoms with Gasteiger partial charge in [0.2, 0.25) is 0 Å². The molecule has 1 aromatic carbocycles. The van der Waals surface area contributed by atoms with Crippen LogP contribution in [-0.2, 0) is 10.9 Å². The minimum atomic E-state index is -4.31. The van der Waals surface area contributed by atoms with Crippen molar-refractivity contribution in [2.24, 2.45) is 11.7 Å². The highest BCUT2D eigenvalue weighted by Gasteiger charge is 2.32. The number of aryl methyl sites for hydroxylation is 1. The molecule has 19 heavy (non-hydrogen) atoms. The highest BCUT2D eigenvalue weighted by molar-refractivity contribution is 5.35. The second kappa shape index (κ2) is 5.13. The number of hydrogen-bond donors (Lipinski definition) is 1. The van der Waals surface area contributed by atoms with Crippen LogP contribution in [0.3, 0.4) is 0 Å². The Kier molecular flexibility index (Phi) is 3.87. The summed E-state index contributed by atoms with van der Waals surface area (Å²) in [6.45, 7) is 4.22. The minimum absolute atomic E-state index is 0.172. The molecule has 1 heterocycles. The van der Waals surface area contributed by atoms with Gasteiger partial charge in [-0.05, 0) is 43.5 Å². The maximum Gasteiger partial charge on any atom is 0.416 e. The van der Waals surface area contributed by atoms with Crippen LogP contribution in [-0.4, -0.2) is 12.7 Å². The number of hydrogen-bond acceptors (Lipinski definition) is 2. The molecule has 0 aromatic heterocycles. The Morgan fingerprint density at radius 3 is 2.53 bits per heavy atom. The van der Waals surface area contributed by atoms with E-state index in [0.717, 1.165) is 24.1 Å². The maximum atomic E-state index is 12.6. The molecule has 3 atom stereocenters. The molecule has 0 spiro atoms. The summed E-state index contributed by atoms with van der Waals surface area (Å²) >= 11 is 0. The van der Waals surface area contributed by atoms with Crippen LogP contribution >= 0.6 is 0 Å². The number of ether oxygens (including phenoxy) is 1. The average Bonchev–Trinajstić information content (AvgIpc) is 2.73. The fourth-order valence-corrected chi connectivity index (χ4v) is 2.58. The van der Waals surface area contributed by atoms with Gasteiger partial charge >= 0.3 is 6.18 Å². The summed E-state index contributed by atoms with van der Waals surface area (Å²) in [5.41, 5.74) is 6.89. The summed E-state index contributed by atoms with van der Waals surface area (Å²) in [7, 11) is 0. The second-order valence-electron chi connectivity index (χ2n) is 5.23. The highest BCUT2D eigenvalue weighted by Crippen LogP contribution is 2.35. The van der Waals surface area contributed by atoms with Gasteiger partial charge in [-0.1, -0.05) is 6.07 Å². The molecule has 2 rings (SSSR count). The lowest BCUT2D eigenvalue weighted by Crippen LogP contribution is -2.23. The van der Waals surface area contributed by atoms with Gasteiger partial charge < -0.3 is 10.5 Å². The summed E-state index contributed by atoms with van der Waals surface area (Å²) < 4.78 is 43.3. The molecule has 5 heteroatoms. The molecule has 1 saturated heterocycles. The zero-order valence-electron chi connectivity index (χ0n) is 11.0. The standard InChI is InChI=1S/C14H18F3NO/c1-8-5-11(14(15,16)17)3-4-12(8)13(18)10-6-9(2)19-7-10/h3-5,9-10,13H,6-7,18H2,1-2H3. The molecular formula is C14H18F3NO. The van der Waals surface area contributed by atoms with Crippen molar-refractivity contribution >= 4 is 0 Å². The molecule has 1 aliphatic heterocycles. The third-order valence-corrected chi connectivity index (χ3v) is 3.69. The fourth-order valence-electron chi connectivity index (χ4n) is 2.58. The molecule has 0 bridgehead atoms. The van der Waals surface area contributed by atoms with E-state index in [1.54, 1.807) is 6.92 Å². The third-order valence-electron chi connectivity index (χ3n) is 3.69. The van der Waals surface area contributed by atoms with Crippen LogP contribution in [0.25, 0.3) is 0 Å². The highest BCUT2D eigenvalue weighted by atomic mass is 19.4. The van der Waals surface area contributed by atoms with Crippen molar-refractivity contribution in [2.75, 3.05) is 6.61 Å². The molecule has 1 aromatic rings.